The molecule has 0 aliphatic rings. The highest BCUT2D eigenvalue weighted by Crippen LogP contribution is 2.31. The summed E-state index contributed by atoms with van der Waals surface area (Å²) in [6, 6.07) is 25.2. The van der Waals surface area contributed by atoms with Gasteiger partial charge in [-0.05, 0) is 65.7 Å². The van der Waals surface area contributed by atoms with Crippen LogP contribution >= 0.6 is 11.6 Å². The number of alkyl halides is 3. The van der Waals surface area contributed by atoms with E-state index in [1.165, 1.54) is 30.3 Å². The van der Waals surface area contributed by atoms with Gasteiger partial charge in [0.05, 0.1) is 10.5 Å². The summed E-state index contributed by atoms with van der Waals surface area (Å²) < 4.78 is 66.5. The molecular formula is C28H20ClF3N2O3S. The third-order valence-electron chi connectivity index (χ3n) is 5.40. The molecule has 0 aliphatic carbocycles. The number of sulfonamides is 1. The van der Waals surface area contributed by atoms with E-state index in [0.717, 1.165) is 12.1 Å². The molecule has 0 aliphatic heterocycles. The Kier molecular flexibility index (Phi) is 7.89. The van der Waals surface area contributed by atoms with Gasteiger partial charge in [0.25, 0.3) is 15.9 Å². The Balaban J connectivity index is 1.55. The summed E-state index contributed by atoms with van der Waals surface area (Å²) in [5, 5.41) is 3.21. The molecule has 4 aromatic rings. The van der Waals surface area contributed by atoms with Crippen molar-refractivity contribution < 1.29 is 26.4 Å². The molecule has 1 amide bonds. The van der Waals surface area contributed by atoms with E-state index >= 15 is 0 Å². The molecule has 0 bridgehead atoms. The van der Waals surface area contributed by atoms with Crippen molar-refractivity contribution in [2.24, 2.45) is 0 Å². The lowest BCUT2D eigenvalue weighted by atomic mass is 10.0. The number of hydrogen-bond donors (Lipinski definition) is 2. The molecule has 4 rings (SSSR count). The molecule has 5 nitrogen and oxygen atoms in total. The summed E-state index contributed by atoms with van der Waals surface area (Å²) in [7, 11) is -4.18. The number of benzene rings is 4. The van der Waals surface area contributed by atoms with Crippen LogP contribution in [0.2, 0.25) is 5.02 Å². The second-order valence-electron chi connectivity index (χ2n) is 8.11. The third kappa shape index (κ3) is 6.62. The average Bonchev–Trinajstić information content (AvgIpc) is 2.88. The van der Waals surface area contributed by atoms with Gasteiger partial charge in [-0.3, -0.25) is 9.52 Å². The number of nitrogens with one attached hydrogen (secondary N) is 2. The van der Waals surface area contributed by atoms with Gasteiger partial charge in [0, 0.05) is 22.0 Å². The number of carbonyl (C=O) groups excluding carboxylic acids is 1. The molecular weight excluding hydrogens is 537 g/mol. The van der Waals surface area contributed by atoms with Crippen LogP contribution in [0.3, 0.4) is 0 Å². The Morgan fingerprint density at radius 1 is 0.789 bits per heavy atom. The van der Waals surface area contributed by atoms with Crippen LogP contribution in [0.15, 0.2) is 108 Å². The number of rotatable bonds is 7. The molecule has 4 aromatic carbocycles. The molecule has 0 saturated carbocycles. The standard InChI is InChI=1S/C28H20ClF3N2O3S/c29-26-12-5-4-9-20(26)17-25(19-7-2-1-3-8-19)27(35)33-22-13-15-24(16-14-22)38(36,37)34-23-11-6-10-21(18-23)28(30,31)32/h1-18,34H,(H,33,35)/b25-17+. The van der Waals surface area contributed by atoms with E-state index in [1.54, 1.807) is 54.6 Å². The van der Waals surface area contributed by atoms with Gasteiger partial charge >= 0.3 is 6.18 Å². The Bertz CT molecular complexity index is 1590. The summed E-state index contributed by atoms with van der Waals surface area (Å²) in [6.07, 6.45) is -2.95. The highest BCUT2D eigenvalue weighted by Gasteiger charge is 2.30. The van der Waals surface area contributed by atoms with E-state index in [1.807, 2.05) is 6.07 Å². The molecule has 0 aromatic heterocycles. The number of anilines is 2. The van der Waals surface area contributed by atoms with Gasteiger partial charge in [0.2, 0.25) is 0 Å². The first-order valence-electron chi connectivity index (χ1n) is 11.2. The maximum absolute atomic E-state index is 13.2. The lowest BCUT2D eigenvalue weighted by molar-refractivity contribution is -0.137. The molecule has 194 valence electrons. The summed E-state index contributed by atoms with van der Waals surface area (Å²) in [6.45, 7) is 0. The molecule has 0 radical (unpaired) electrons. The van der Waals surface area contributed by atoms with Crippen LogP contribution in [0.25, 0.3) is 11.6 Å². The first-order valence-corrected chi connectivity index (χ1v) is 13.0. The van der Waals surface area contributed by atoms with E-state index < -0.39 is 27.7 Å². The van der Waals surface area contributed by atoms with Crippen LogP contribution < -0.4 is 10.0 Å². The largest absolute Gasteiger partial charge is 0.416 e. The number of carbonyl (C=O) groups is 1. The van der Waals surface area contributed by atoms with E-state index in [-0.39, 0.29) is 10.6 Å². The second kappa shape index (κ2) is 11.1. The van der Waals surface area contributed by atoms with Gasteiger partial charge in [0.1, 0.15) is 0 Å². The predicted molar refractivity (Wildman–Crippen MR) is 143 cm³/mol. The van der Waals surface area contributed by atoms with Gasteiger partial charge in [-0.1, -0.05) is 66.2 Å². The third-order valence-corrected chi connectivity index (χ3v) is 7.14. The SMILES string of the molecule is O=C(Nc1ccc(S(=O)(=O)Nc2cccc(C(F)(F)F)c2)cc1)/C(=C/c1ccccc1Cl)c1ccccc1. The van der Waals surface area contributed by atoms with E-state index in [0.29, 0.717) is 33.5 Å². The predicted octanol–water partition coefficient (Wildman–Crippen LogP) is 7.34. The molecule has 0 fully saturated rings. The topological polar surface area (TPSA) is 75.3 Å². The average molecular weight is 557 g/mol. The molecule has 0 spiro atoms. The summed E-state index contributed by atoms with van der Waals surface area (Å²) in [5.41, 5.74) is 0.736. The minimum atomic E-state index is -4.61. The normalized spacial score (nSPS) is 12.2. The molecule has 0 heterocycles. The van der Waals surface area contributed by atoms with Crippen LogP contribution in [0.4, 0.5) is 24.5 Å². The van der Waals surface area contributed by atoms with Gasteiger partial charge in [-0.15, -0.1) is 0 Å². The minimum Gasteiger partial charge on any atom is -0.322 e. The zero-order valence-electron chi connectivity index (χ0n) is 19.5. The fraction of sp³-hybridized carbons (Fsp3) is 0.0357. The van der Waals surface area contributed by atoms with Gasteiger partial charge in [-0.25, -0.2) is 8.42 Å². The Labute approximate surface area is 222 Å². The zero-order chi connectivity index (χ0) is 27.3. The smallest absolute Gasteiger partial charge is 0.322 e. The van der Waals surface area contributed by atoms with Crippen molar-refractivity contribution in [3.63, 3.8) is 0 Å². The van der Waals surface area contributed by atoms with Gasteiger partial charge < -0.3 is 5.32 Å². The van der Waals surface area contributed by atoms with E-state index in [2.05, 4.69) is 10.0 Å². The maximum atomic E-state index is 13.2. The van der Waals surface area contributed by atoms with E-state index in [4.69, 9.17) is 11.6 Å². The fourth-order valence-electron chi connectivity index (χ4n) is 3.53. The minimum absolute atomic E-state index is 0.192. The lowest BCUT2D eigenvalue weighted by Gasteiger charge is -2.13. The molecule has 2 N–H and O–H groups in total. The summed E-state index contributed by atoms with van der Waals surface area (Å²) >= 11 is 6.27. The zero-order valence-corrected chi connectivity index (χ0v) is 21.1. The number of amides is 1. The first kappa shape index (κ1) is 27.0. The van der Waals surface area contributed by atoms with Crippen molar-refractivity contribution in [2.75, 3.05) is 10.0 Å². The molecule has 38 heavy (non-hydrogen) atoms. The van der Waals surface area contributed by atoms with Crippen LogP contribution in [0.5, 0.6) is 0 Å². The number of halogens is 4. The molecule has 0 unspecified atom stereocenters. The van der Waals surface area contributed by atoms with Crippen molar-refractivity contribution in [1.82, 2.24) is 0 Å². The quantitative estimate of drug-likeness (QED) is 0.185. The van der Waals surface area contributed by atoms with Crippen LogP contribution in [0.1, 0.15) is 16.7 Å². The first-order chi connectivity index (χ1) is 18.0. The van der Waals surface area contributed by atoms with E-state index in [9.17, 15) is 26.4 Å². The fourth-order valence-corrected chi connectivity index (χ4v) is 4.77. The second-order valence-corrected chi connectivity index (χ2v) is 10.2. The van der Waals surface area contributed by atoms with Crippen molar-refractivity contribution >= 4 is 50.6 Å². The van der Waals surface area contributed by atoms with Crippen LogP contribution in [-0.2, 0) is 21.0 Å². The van der Waals surface area contributed by atoms with Crippen molar-refractivity contribution in [3.8, 4) is 0 Å². The monoisotopic (exact) mass is 556 g/mol. The Morgan fingerprint density at radius 3 is 2.11 bits per heavy atom. The van der Waals surface area contributed by atoms with Crippen molar-refractivity contribution in [2.45, 2.75) is 11.1 Å². The van der Waals surface area contributed by atoms with Crippen LogP contribution in [-0.4, -0.2) is 14.3 Å². The molecule has 0 atom stereocenters. The van der Waals surface area contributed by atoms with Crippen LogP contribution in [0, 0.1) is 0 Å². The van der Waals surface area contributed by atoms with Crippen molar-refractivity contribution in [3.05, 3.63) is 125 Å². The highest BCUT2D eigenvalue weighted by atomic mass is 35.5. The summed E-state index contributed by atoms with van der Waals surface area (Å²) in [5.74, 6) is -0.450. The Morgan fingerprint density at radius 2 is 1.45 bits per heavy atom. The lowest BCUT2D eigenvalue weighted by Crippen LogP contribution is -2.15. The highest BCUT2D eigenvalue weighted by molar-refractivity contribution is 7.92. The summed E-state index contributed by atoms with van der Waals surface area (Å²) in [4.78, 5) is 13.0. The van der Waals surface area contributed by atoms with Gasteiger partial charge in [0.15, 0.2) is 0 Å². The number of hydrogen-bond acceptors (Lipinski definition) is 3. The van der Waals surface area contributed by atoms with Gasteiger partial charge in [-0.2, -0.15) is 13.2 Å². The Hall–Kier alpha value is -4.08. The molecule has 0 saturated heterocycles. The maximum Gasteiger partial charge on any atom is 0.416 e. The van der Waals surface area contributed by atoms with Crippen molar-refractivity contribution in [1.29, 1.82) is 0 Å². The molecule has 10 heteroatoms.